The van der Waals surface area contributed by atoms with Gasteiger partial charge in [-0.25, -0.2) is 4.39 Å². The summed E-state index contributed by atoms with van der Waals surface area (Å²) in [6.45, 7) is 5.27. The van der Waals surface area contributed by atoms with Gasteiger partial charge in [-0.3, -0.25) is 0 Å². The second-order valence-electron chi connectivity index (χ2n) is 5.01. The third kappa shape index (κ3) is 4.57. The summed E-state index contributed by atoms with van der Waals surface area (Å²) in [5.41, 5.74) is 2.33. The Morgan fingerprint density at radius 3 is 2.25 bits per heavy atom. The molecule has 0 aliphatic heterocycles. The van der Waals surface area contributed by atoms with Crippen LogP contribution in [0.25, 0.3) is 0 Å². The molecular formula is C17H20FNS. The van der Waals surface area contributed by atoms with E-state index in [2.05, 4.69) is 43.4 Å². The van der Waals surface area contributed by atoms with Crippen LogP contribution in [0.15, 0.2) is 53.4 Å². The lowest BCUT2D eigenvalue weighted by atomic mass is 10.0. The molecule has 0 unspecified atom stereocenters. The molecule has 2 aromatic carbocycles. The summed E-state index contributed by atoms with van der Waals surface area (Å²) < 4.78 is 12.8. The summed E-state index contributed by atoms with van der Waals surface area (Å²) >= 11 is 1.83. The molecule has 0 saturated carbocycles. The van der Waals surface area contributed by atoms with Crippen molar-refractivity contribution in [2.24, 2.45) is 0 Å². The Labute approximate surface area is 124 Å². The summed E-state index contributed by atoms with van der Waals surface area (Å²) in [5.74, 6) is 1.36. The number of nitrogens with one attached hydrogen (secondary N) is 1. The lowest BCUT2D eigenvalue weighted by Gasteiger charge is -2.08. The van der Waals surface area contributed by atoms with Gasteiger partial charge >= 0.3 is 0 Å². The van der Waals surface area contributed by atoms with Crippen molar-refractivity contribution in [2.75, 3.05) is 17.6 Å². The first-order valence-electron chi connectivity index (χ1n) is 6.87. The van der Waals surface area contributed by atoms with Gasteiger partial charge < -0.3 is 5.32 Å². The first kappa shape index (κ1) is 14.9. The largest absolute Gasteiger partial charge is 0.384 e. The minimum atomic E-state index is -0.199. The van der Waals surface area contributed by atoms with Crippen LogP contribution in [0, 0.1) is 5.82 Å². The number of hydrogen-bond acceptors (Lipinski definition) is 2. The zero-order chi connectivity index (χ0) is 14.4. The van der Waals surface area contributed by atoms with Crippen molar-refractivity contribution in [3.05, 3.63) is 59.9 Å². The van der Waals surface area contributed by atoms with Crippen molar-refractivity contribution >= 4 is 17.4 Å². The third-order valence-electron chi connectivity index (χ3n) is 3.09. The van der Waals surface area contributed by atoms with E-state index < -0.39 is 0 Å². The molecule has 20 heavy (non-hydrogen) atoms. The Morgan fingerprint density at radius 2 is 1.65 bits per heavy atom. The van der Waals surface area contributed by atoms with E-state index >= 15 is 0 Å². The molecule has 0 saturated heterocycles. The highest BCUT2D eigenvalue weighted by atomic mass is 32.2. The van der Waals surface area contributed by atoms with Gasteiger partial charge in [0.1, 0.15) is 5.82 Å². The van der Waals surface area contributed by atoms with Crippen LogP contribution < -0.4 is 5.32 Å². The number of rotatable bonds is 6. The maximum atomic E-state index is 12.8. The first-order chi connectivity index (χ1) is 9.65. The van der Waals surface area contributed by atoms with Crippen molar-refractivity contribution in [1.82, 2.24) is 0 Å². The number of hydrogen-bond donors (Lipinski definition) is 1. The predicted octanol–water partition coefficient (Wildman–Crippen LogP) is 5.15. The van der Waals surface area contributed by atoms with Gasteiger partial charge in [-0.2, -0.15) is 0 Å². The molecule has 3 heteroatoms. The van der Waals surface area contributed by atoms with Gasteiger partial charge in [-0.15, -0.1) is 11.8 Å². The molecule has 2 aromatic rings. The second kappa shape index (κ2) is 7.34. The summed E-state index contributed by atoms with van der Waals surface area (Å²) in [6, 6.07) is 15.2. The molecule has 0 aliphatic carbocycles. The normalized spacial score (nSPS) is 10.8. The number of halogens is 1. The SMILES string of the molecule is CC(C)c1ccc(SCCNc2ccc(F)cc2)cc1. The molecule has 2 rings (SSSR count). The van der Waals surface area contributed by atoms with E-state index in [0.717, 1.165) is 18.0 Å². The van der Waals surface area contributed by atoms with Crippen molar-refractivity contribution in [2.45, 2.75) is 24.7 Å². The second-order valence-corrected chi connectivity index (χ2v) is 6.17. The van der Waals surface area contributed by atoms with E-state index in [1.165, 1.54) is 22.6 Å². The Kier molecular flexibility index (Phi) is 5.48. The van der Waals surface area contributed by atoms with Gasteiger partial charge in [0.05, 0.1) is 0 Å². The zero-order valence-electron chi connectivity index (χ0n) is 11.9. The Balaban J connectivity index is 1.74. The smallest absolute Gasteiger partial charge is 0.123 e. The van der Waals surface area contributed by atoms with Crippen molar-refractivity contribution in [3.8, 4) is 0 Å². The molecule has 0 radical (unpaired) electrons. The quantitative estimate of drug-likeness (QED) is 0.583. The molecule has 0 fully saturated rings. The predicted molar refractivity (Wildman–Crippen MR) is 86.1 cm³/mol. The summed E-state index contributed by atoms with van der Waals surface area (Å²) in [4.78, 5) is 1.29. The van der Waals surface area contributed by atoms with E-state index in [-0.39, 0.29) is 5.82 Å². The van der Waals surface area contributed by atoms with E-state index in [9.17, 15) is 4.39 Å². The third-order valence-corrected chi connectivity index (χ3v) is 4.10. The molecule has 0 spiro atoms. The van der Waals surface area contributed by atoms with Crippen LogP contribution in [0.2, 0.25) is 0 Å². The highest BCUT2D eigenvalue weighted by molar-refractivity contribution is 7.99. The van der Waals surface area contributed by atoms with Gasteiger partial charge in [0.2, 0.25) is 0 Å². The average molecular weight is 289 g/mol. The Hall–Kier alpha value is -1.48. The molecule has 0 amide bonds. The molecule has 0 bridgehead atoms. The van der Waals surface area contributed by atoms with Gasteiger partial charge in [-0.1, -0.05) is 26.0 Å². The fraction of sp³-hybridized carbons (Fsp3) is 0.294. The van der Waals surface area contributed by atoms with Crippen LogP contribution in [0.1, 0.15) is 25.3 Å². The maximum Gasteiger partial charge on any atom is 0.123 e. The molecule has 1 N–H and O–H groups in total. The number of benzene rings is 2. The lowest BCUT2D eigenvalue weighted by molar-refractivity contribution is 0.628. The highest BCUT2D eigenvalue weighted by Gasteiger charge is 1.99. The van der Waals surface area contributed by atoms with E-state index in [1.54, 1.807) is 12.1 Å². The molecule has 0 aromatic heterocycles. The van der Waals surface area contributed by atoms with Crippen molar-refractivity contribution in [3.63, 3.8) is 0 Å². The highest BCUT2D eigenvalue weighted by Crippen LogP contribution is 2.21. The van der Waals surface area contributed by atoms with Gasteiger partial charge in [0, 0.05) is 22.9 Å². The number of thioether (sulfide) groups is 1. The molecule has 0 atom stereocenters. The van der Waals surface area contributed by atoms with Crippen LogP contribution in [0.5, 0.6) is 0 Å². The zero-order valence-corrected chi connectivity index (χ0v) is 12.7. The van der Waals surface area contributed by atoms with Crippen molar-refractivity contribution < 1.29 is 4.39 Å². The fourth-order valence-corrected chi connectivity index (χ4v) is 2.65. The van der Waals surface area contributed by atoms with Gasteiger partial charge in [-0.05, 0) is 47.9 Å². The minimum Gasteiger partial charge on any atom is -0.384 e. The maximum absolute atomic E-state index is 12.8. The van der Waals surface area contributed by atoms with Gasteiger partial charge in [0.25, 0.3) is 0 Å². The minimum absolute atomic E-state index is 0.199. The van der Waals surface area contributed by atoms with E-state index in [1.807, 2.05) is 11.8 Å². The topological polar surface area (TPSA) is 12.0 Å². The van der Waals surface area contributed by atoms with Crippen LogP contribution in [-0.2, 0) is 0 Å². The molecule has 1 nitrogen and oxygen atoms in total. The molecule has 0 heterocycles. The monoisotopic (exact) mass is 289 g/mol. The van der Waals surface area contributed by atoms with Crippen LogP contribution in [0.4, 0.5) is 10.1 Å². The molecular weight excluding hydrogens is 269 g/mol. The lowest BCUT2D eigenvalue weighted by Crippen LogP contribution is -2.03. The van der Waals surface area contributed by atoms with Crippen LogP contribution in [0.3, 0.4) is 0 Å². The van der Waals surface area contributed by atoms with Crippen molar-refractivity contribution in [1.29, 1.82) is 0 Å². The van der Waals surface area contributed by atoms with Crippen LogP contribution >= 0.6 is 11.8 Å². The summed E-state index contributed by atoms with van der Waals surface area (Å²) in [5, 5.41) is 3.28. The van der Waals surface area contributed by atoms with E-state index in [4.69, 9.17) is 0 Å². The summed E-state index contributed by atoms with van der Waals surface area (Å²) in [6.07, 6.45) is 0. The number of anilines is 1. The summed E-state index contributed by atoms with van der Waals surface area (Å²) in [7, 11) is 0. The average Bonchev–Trinajstić information content (AvgIpc) is 2.46. The van der Waals surface area contributed by atoms with E-state index in [0.29, 0.717) is 5.92 Å². The van der Waals surface area contributed by atoms with Gasteiger partial charge in [0.15, 0.2) is 0 Å². The standard InChI is InChI=1S/C17H20FNS/c1-13(2)14-3-9-17(10-4-14)20-12-11-19-16-7-5-15(18)6-8-16/h3-10,13,19H,11-12H2,1-2H3. The van der Waals surface area contributed by atoms with Crippen LogP contribution in [-0.4, -0.2) is 12.3 Å². The first-order valence-corrected chi connectivity index (χ1v) is 7.86. The Morgan fingerprint density at radius 1 is 1.00 bits per heavy atom. The molecule has 0 aliphatic rings. The Bertz CT molecular complexity index is 520. The molecule has 106 valence electrons. The fourth-order valence-electron chi connectivity index (χ4n) is 1.88.